The minimum absolute atomic E-state index is 0.0997. The lowest BCUT2D eigenvalue weighted by Gasteiger charge is -2.31. The molecule has 0 aliphatic carbocycles. The zero-order chi connectivity index (χ0) is 20.3. The molecule has 12 heteroatoms. The molecule has 26 heavy (non-hydrogen) atoms. The number of halogens is 7. The van der Waals surface area contributed by atoms with Gasteiger partial charge in [0, 0.05) is 19.2 Å². The highest BCUT2D eigenvalue weighted by Crippen LogP contribution is 2.53. The Kier molecular flexibility index (Phi) is 6.10. The van der Waals surface area contributed by atoms with Gasteiger partial charge in [0.2, 0.25) is 6.41 Å². The van der Waals surface area contributed by atoms with Crippen LogP contribution in [0, 0.1) is 0 Å². The van der Waals surface area contributed by atoms with E-state index in [1.807, 2.05) is 5.32 Å². The van der Waals surface area contributed by atoms with Crippen LogP contribution in [0.4, 0.5) is 46.9 Å². The van der Waals surface area contributed by atoms with Gasteiger partial charge in [-0.2, -0.15) is 26.3 Å². The van der Waals surface area contributed by atoms with Gasteiger partial charge in [-0.05, 0) is 19.1 Å². The van der Waals surface area contributed by atoms with E-state index in [4.69, 9.17) is 0 Å². The number of rotatable bonds is 5. The number of carbonyl (C=O) groups excluding carboxylic acids is 2. The van der Waals surface area contributed by atoms with Crippen LogP contribution >= 0.6 is 0 Å². The van der Waals surface area contributed by atoms with E-state index in [2.05, 4.69) is 5.32 Å². The molecule has 0 fully saturated rings. The van der Waals surface area contributed by atoms with Crippen molar-refractivity contribution in [2.45, 2.75) is 24.9 Å². The zero-order valence-corrected chi connectivity index (χ0v) is 13.4. The monoisotopic (exact) mass is 389 g/mol. The molecule has 0 radical (unpaired) electrons. The molecule has 1 aromatic rings. The minimum Gasteiger partial charge on any atom is -0.338 e. The smallest absolute Gasteiger partial charge is 0.338 e. The van der Waals surface area contributed by atoms with Gasteiger partial charge in [-0.3, -0.25) is 4.79 Å². The summed E-state index contributed by atoms with van der Waals surface area (Å²) < 4.78 is 91.3. The first-order valence-electron chi connectivity index (χ1n) is 6.99. The van der Waals surface area contributed by atoms with Gasteiger partial charge in [0.1, 0.15) is 0 Å². The van der Waals surface area contributed by atoms with Crippen LogP contribution in [0.1, 0.15) is 12.5 Å². The molecule has 2 N–H and O–H groups in total. The van der Waals surface area contributed by atoms with Crippen molar-refractivity contribution in [2.24, 2.45) is 0 Å². The second kappa shape index (κ2) is 7.38. The lowest BCUT2D eigenvalue weighted by molar-refractivity contribution is -0.348. The Morgan fingerprint density at radius 1 is 1.12 bits per heavy atom. The highest BCUT2D eigenvalue weighted by atomic mass is 19.4. The lowest BCUT2D eigenvalue weighted by atomic mass is 9.93. The van der Waals surface area contributed by atoms with Crippen molar-refractivity contribution in [2.75, 3.05) is 23.8 Å². The third kappa shape index (κ3) is 3.99. The van der Waals surface area contributed by atoms with Crippen molar-refractivity contribution < 1.29 is 40.3 Å². The number of nitrogens with zero attached hydrogens (tertiary/aromatic N) is 1. The van der Waals surface area contributed by atoms with Gasteiger partial charge < -0.3 is 15.5 Å². The number of anilines is 2. The molecule has 1 aromatic carbocycles. The predicted molar refractivity (Wildman–Crippen MR) is 78.5 cm³/mol. The SMILES string of the molecule is CCNC(=O)Nc1cc(C(F)(C(F)(F)F)C(F)(F)F)ccc1N(C)C=O. The molecular weight excluding hydrogens is 375 g/mol. The average Bonchev–Trinajstić information content (AvgIpc) is 2.51. The molecule has 0 aromatic heterocycles. The fourth-order valence-electron chi connectivity index (χ4n) is 2.03. The summed E-state index contributed by atoms with van der Waals surface area (Å²) >= 11 is 0. The van der Waals surface area contributed by atoms with E-state index in [9.17, 15) is 40.3 Å². The van der Waals surface area contributed by atoms with E-state index in [-0.39, 0.29) is 30.8 Å². The number of benzene rings is 1. The molecule has 5 nitrogen and oxygen atoms in total. The van der Waals surface area contributed by atoms with E-state index >= 15 is 0 Å². The van der Waals surface area contributed by atoms with Crippen molar-refractivity contribution in [3.8, 4) is 0 Å². The van der Waals surface area contributed by atoms with E-state index in [0.717, 1.165) is 11.9 Å². The second-order valence-electron chi connectivity index (χ2n) is 5.09. The predicted octanol–water partition coefficient (Wildman–Crippen LogP) is 3.71. The highest BCUT2D eigenvalue weighted by molar-refractivity contribution is 5.95. The first-order valence-corrected chi connectivity index (χ1v) is 6.99. The Balaban J connectivity index is 3.59. The standard InChI is InChI=1S/C14H14F7N3O2/c1-3-22-11(26)23-9-6-8(4-5-10(9)24(2)7-25)12(15,13(16,17)18)14(19,20)21/h4-7H,3H2,1-2H3,(H2,22,23,26). The Morgan fingerprint density at radius 2 is 1.65 bits per heavy atom. The zero-order valence-electron chi connectivity index (χ0n) is 13.4. The molecule has 3 amide bonds. The fraction of sp³-hybridized carbons (Fsp3) is 0.429. The number of alkyl halides is 7. The van der Waals surface area contributed by atoms with Crippen LogP contribution in [0.3, 0.4) is 0 Å². The van der Waals surface area contributed by atoms with Crippen LogP contribution in [0.15, 0.2) is 18.2 Å². The Bertz CT molecular complexity index is 659. The van der Waals surface area contributed by atoms with Crippen molar-refractivity contribution >= 4 is 23.8 Å². The van der Waals surface area contributed by atoms with Crippen molar-refractivity contribution in [3.05, 3.63) is 23.8 Å². The number of hydrogen-bond donors (Lipinski definition) is 2. The van der Waals surface area contributed by atoms with E-state index < -0.39 is 35.3 Å². The fourth-order valence-corrected chi connectivity index (χ4v) is 2.03. The van der Waals surface area contributed by atoms with Gasteiger partial charge in [-0.15, -0.1) is 0 Å². The molecule has 0 saturated carbocycles. The van der Waals surface area contributed by atoms with Crippen molar-refractivity contribution in [3.63, 3.8) is 0 Å². The summed E-state index contributed by atoms with van der Waals surface area (Å²) in [5, 5.41) is 4.19. The minimum atomic E-state index is -6.30. The van der Waals surface area contributed by atoms with E-state index in [1.54, 1.807) is 0 Å². The van der Waals surface area contributed by atoms with Crippen LogP contribution in [0.5, 0.6) is 0 Å². The molecule has 0 bridgehead atoms. The lowest BCUT2D eigenvalue weighted by Crippen LogP contribution is -2.50. The number of nitrogens with one attached hydrogen (secondary N) is 2. The third-order valence-electron chi connectivity index (χ3n) is 3.30. The summed E-state index contributed by atoms with van der Waals surface area (Å²) in [5.41, 5.74) is -8.29. The van der Waals surface area contributed by atoms with Gasteiger partial charge in [-0.1, -0.05) is 6.07 Å². The molecule has 146 valence electrons. The maximum atomic E-state index is 14.2. The van der Waals surface area contributed by atoms with Gasteiger partial charge >= 0.3 is 24.1 Å². The van der Waals surface area contributed by atoms with Gasteiger partial charge in [0.25, 0.3) is 0 Å². The molecule has 0 saturated heterocycles. The second-order valence-corrected chi connectivity index (χ2v) is 5.09. The molecule has 0 aliphatic heterocycles. The molecular formula is C14H14F7N3O2. The maximum Gasteiger partial charge on any atom is 0.435 e. The molecule has 0 unspecified atom stereocenters. The average molecular weight is 389 g/mol. The summed E-state index contributed by atoms with van der Waals surface area (Å²) in [7, 11) is 1.14. The van der Waals surface area contributed by atoms with E-state index in [0.29, 0.717) is 6.07 Å². The number of hydrogen-bond acceptors (Lipinski definition) is 2. The van der Waals surface area contributed by atoms with Crippen LogP contribution in [-0.2, 0) is 10.5 Å². The topological polar surface area (TPSA) is 61.4 Å². The summed E-state index contributed by atoms with van der Waals surface area (Å²) in [5.74, 6) is 0. The Morgan fingerprint density at radius 3 is 2.08 bits per heavy atom. The molecule has 0 aliphatic rings. The van der Waals surface area contributed by atoms with Crippen LogP contribution in [0.25, 0.3) is 0 Å². The summed E-state index contributed by atoms with van der Waals surface area (Å²) in [6.45, 7) is 1.61. The van der Waals surface area contributed by atoms with Gasteiger partial charge in [0.15, 0.2) is 0 Å². The van der Waals surface area contributed by atoms with Crippen molar-refractivity contribution in [1.82, 2.24) is 5.32 Å². The molecule has 0 heterocycles. The van der Waals surface area contributed by atoms with Gasteiger partial charge in [-0.25, -0.2) is 9.18 Å². The highest BCUT2D eigenvalue weighted by Gasteiger charge is 2.73. The number of urea groups is 1. The van der Waals surface area contributed by atoms with Crippen LogP contribution < -0.4 is 15.5 Å². The molecule has 0 atom stereocenters. The Labute approximate surface area is 143 Å². The first kappa shape index (κ1) is 21.5. The van der Waals surface area contributed by atoms with Crippen molar-refractivity contribution in [1.29, 1.82) is 0 Å². The van der Waals surface area contributed by atoms with E-state index in [1.165, 1.54) is 6.92 Å². The van der Waals surface area contributed by atoms with Crippen LogP contribution in [0.2, 0.25) is 0 Å². The van der Waals surface area contributed by atoms with Crippen LogP contribution in [-0.4, -0.2) is 38.4 Å². The summed E-state index contributed by atoms with van der Waals surface area (Å²) in [6.07, 6.45) is -12.4. The molecule has 1 rings (SSSR count). The molecule has 0 spiro atoms. The third-order valence-corrected chi connectivity index (χ3v) is 3.30. The normalized spacial score (nSPS) is 12.5. The first-order chi connectivity index (χ1) is 11.8. The number of carbonyl (C=O) groups is 2. The largest absolute Gasteiger partial charge is 0.435 e. The summed E-state index contributed by atoms with van der Waals surface area (Å²) in [4.78, 5) is 23.2. The maximum absolute atomic E-state index is 14.2. The Hall–Kier alpha value is -2.53. The number of amides is 3. The summed E-state index contributed by atoms with van der Waals surface area (Å²) in [6, 6.07) is 0.135. The quantitative estimate of drug-likeness (QED) is 0.596. The van der Waals surface area contributed by atoms with Gasteiger partial charge in [0.05, 0.1) is 11.4 Å².